The molecule has 1 aromatic carbocycles. The summed E-state index contributed by atoms with van der Waals surface area (Å²) in [5, 5.41) is 13.2. The van der Waals surface area contributed by atoms with Gasteiger partial charge in [-0.1, -0.05) is 0 Å². The Morgan fingerprint density at radius 1 is 1.50 bits per heavy atom. The monoisotopic (exact) mass is 220 g/mol. The molecule has 0 saturated carbocycles. The summed E-state index contributed by atoms with van der Waals surface area (Å²) in [4.78, 5) is 28.0. The molecule has 7 heteroatoms. The fraction of sp³-hybridized carbons (Fsp3) is 0.111. The van der Waals surface area contributed by atoms with Crippen molar-refractivity contribution < 1.29 is 4.92 Å². The molecule has 2 aromatic rings. The molecule has 0 amide bonds. The lowest BCUT2D eigenvalue weighted by atomic mass is 10.2. The fourth-order valence-electron chi connectivity index (χ4n) is 1.35. The van der Waals surface area contributed by atoms with E-state index >= 15 is 0 Å². The van der Waals surface area contributed by atoms with Gasteiger partial charge in [-0.15, -0.1) is 0 Å². The molecule has 2 N–H and O–H groups in total. The summed E-state index contributed by atoms with van der Waals surface area (Å²) in [6.07, 6.45) is 0. The lowest BCUT2D eigenvalue weighted by molar-refractivity contribution is -0.384. The molecular weight excluding hydrogens is 212 g/mol. The van der Waals surface area contributed by atoms with Gasteiger partial charge in [-0.25, -0.2) is 4.98 Å². The Balaban J connectivity index is 2.73. The first-order chi connectivity index (χ1) is 7.61. The van der Waals surface area contributed by atoms with Gasteiger partial charge in [0.1, 0.15) is 0 Å². The van der Waals surface area contributed by atoms with Gasteiger partial charge in [0.2, 0.25) is 0 Å². The van der Waals surface area contributed by atoms with Crippen LogP contribution in [0.3, 0.4) is 0 Å². The topological polar surface area (TPSA) is 101 Å². The van der Waals surface area contributed by atoms with Gasteiger partial charge in [0.05, 0.1) is 16.0 Å². The van der Waals surface area contributed by atoms with E-state index in [0.717, 1.165) is 0 Å². The molecule has 1 heterocycles. The highest BCUT2D eigenvalue weighted by molar-refractivity contribution is 5.78. The van der Waals surface area contributed by atoms with Crippen LogP contribution >= 0.6 is 0 Å². The smallest absolute Gasteiger partial charge is 0.291 e. The highest BCUT2D eigenvalue weighted by atomic mass is 16.6. The molecule has 0 aliphatic rings. The van der Waals surface area contributed by atoms with E-state index in [1.807, 2.05) is 0 Å². The third-order valence-corrected chi connectivity index (χ3v) is 2.12. The second kappa shape index (κ2) is 3.61. The van der Waals surface area contributed by atoms with E-state index in [2.05, 4.69) is 15.3 Å². The molecule has 0 aliphatic carbocycles. The Hall–Kier alpha value is -2.44. The molecular formula is C9H8N4O3. The van der Waals surface area contributed by atoms with Crippen molar-refractivity contribution in [1.82, 2.24) is 9.97 Å². The van der Waals surface area contributed by atoms with E-state index in [-0.39, 0.29) is 17.1 Å². The third-order valence-electron chi connectivity index (χ3n) is 2.12. The Morgan fingerprint density at radius 2 is 2.25 bits per heavy atom. The second-order valence-corrected chi connectivity index (χ2v) is 3.12. The summed E-state index contributed by atoms with van der Waals surface area (Å²) >= 11 is 0. The Bertz CT molecular complexity index is 620. The molecule has 0 aliphatic heterocycles. The molecule has 0 radical (unpaired) electrons. The minimum absolute atomic E-state index is 0.0610. The van der Waals surface area contributed by atoms with Crippen LogP contribution in [0.2, 0.25) is 0 Å². The number of aromatic nitrogens is 2. The zero-order chi connectivity index (χ0) is 11.7. The lowest BCUT2D eigenvalue weighted by Crippen LogP contribution is -2.13. The van der Waals surface area contributed by atoms with Gasteiger partial charge in [-0.3, -0.25) is 14.9 Å². The summed E-state index contributed by atoms with van der Waals surface area (Å²) in [5.41, 5.74) is 0.422. The van der Waals surface area contributed by atoms with Crippen LogP contribution in [0.4, 0.5) is 11.5 Å². The number of benzene rings is 1. The summed E-state index contributed by atoms with van der Waals surface area (Å²) in [6, 6.07) is 4.09. The van der Waals surface area contributed by atoms with Crippen LogP contribution in [0, 0.1) is 10.1 Å². The predicted octanol–water partition coefficient (Wildman–Crippen LogP) is 0.873. The number of nitrogens with zero attached hydrogens (tertiary/aromatic N) is 2. The minimum Gasteiger partial charge on any atom is -0.369 e. The Morgan fingerprint density at radius 3 is 2.88 bits per heavy atom. The average Bonchev–Trinajstić information content (AvgIpc) is 2.27. The first-order valence-electron chi connectivity index (χ1n) is 4.48. The summed E-state index contributed by atoms with van der Waals surface area (Å²) in [7, 11) is 1.56. The lowest BCUT2D eigenvalue weighted by Gasteiger charge is -2.00. The fourth-order valence-corrected chi connectivity index (χ4v) is 1.35. The van der Waals surface area contributed by atoms with Crippen LogP contribution in [-0.4, -0.2) is 21.9 Å². The number of nitro groups is 1. The third kappa shape index (κ3) is 1.58. The highest BCUT2D eigenvalue weighted by Crippen LogP contribution is 2.17. The normalized spacial score (nSPS) is 10.3. The summed E-state index contributed by atoms with van der Waals surface area (Å²) < 4.78 is 0. The van der Waals surface area contributed by atoms with Crippen LogP contribution in [-0.2, 0) is 0 Å². The van der Waals surface area contributed by atoms with E-state index in [1.165, 1.54) is 18.2 Å². The SMILES string of the molecule is CNc1nc2cc([N+](=O)[O-])ccc2[nH]c1=O. The molecule has 0 saturated heterocycles. The van der Waals surface area contributed by atoms with Crippen molar-refractivity contribution in [2.24, 2.45) is 0 Å². The number of rotatable bonds is 2. The van der Waals surface area contributed by atoms with Crippen LogP contribution in [0.1, 0.15) is 0 Å². The van der Waals surface area contributed by atoms with Crippen molar-refractivity contribution in [3.05, 3.63) is 38.7 Å². The van der Waals surface area contributed by atoms with Gasteiger partial charge in [-0.05, 0) is 6.07 Å². The van der Waals surface area contributed by atoms with Crippen molar-refractivity contribution >= 4 is 22.5 Å². The number of H-pyrrole nitrogens is 1. The van der Waals surface area contributed by atoms with Crippen LogP contribution < -0.4 is 10.9 Å². The van der Waals surface area contributed by atoms with Gasteiger partial charge in [0.15, 0.2) is 5.82 Å². The minimum atomic E-state index is -0.509. The van der Waals surface area contributed by atoms with Crippen LogP contribution in [0.15, 0.2) is 23.0 Å². The molecule has 0 fully saturated rings. The summed E-state index contributed by atoms with van der Waals surface area (Å²) in [6.45, 7) is 0. The van der Waals surface area contributed by atoms with E-state index in [9.17, 15) is 14.9 Å². The number of nitrogens with one attached hydrogen (secondary N) is 2. The standard InChI is InChI=1S/C9H8N4O3/c1-10-8-9(14)12-6-3-2-5(13(15)16)4-7(6)11-8/h2-4H,1H3,(H,10,11)(H,12,14). The van der Waals surface area contributed by atoms with E-state index in [0.29, 0.717) is 11.0 Å². The number of fused-ring (bicyclic) bond motifs is 1. The Kier molecular flexibility index (Phi) is 2.28. The largest absolute Gasteiger partial charge is 0.369 e. The number of non-ortho nitro benzene ring substituents is 1. The first-order valence-corrected chi connectivity index (χ1v) is 4.48. The van der Waals surface area contributed by atoms with Crippen molar-refractivity contribution in [1.29, 1.82) is 0 Å². The molecule has 82 valence electrons. The van der Waals surface area contributed by atoms with Crippen LogP contribution in [0.25, 0.3) is 11.0 Å². The summed E-state index contributed by atoms with van der Waals surface area (Å²) in [5.74, 6) is 0.132. The zero-order valence-corrected chi connectivity index (χ0v) is 8.35. The molecule has 16 heavy (non-hydrogen) atoms. The van der Waals surface area contributed by atoms with Gasteiger partial charge in [-0.2, -0.15) is 0 Å². The van der Waals surface area contributed by atoms with Crippen molar-refractivity contribution in [2.45, 2.75) is 0 Å². The number of aromatic amines is 1. The molecule has 0 spiro atoms. The number of hydrogen-bond acceptors (Lipinski definition) is 5. The maximum absolute atomic E-state index is 11.4. The number of nitro benzene ring substituents is 1. The zero-order valence-electron chi connectivity index (χ0n) is 8.35. The van der Waals surface area contributed by atoms with E-state index in [4.69, 9.17) is 0 Å². The van der Waals surface area contributed by atoms with E-state index < -0.39 is 4.92 Å². The van der Waals surface area contributed by atoms with Crippen molar-refractivity contribution in [2.75, 3.05) is 12.4 Å². The second-order valence-electron chi connectivity index (χ2n) is 3.12. The quantitative estimate of drug-likeness (QED) is 0.577. The van der Waals surface area contributed by atoms with E-state index in [1.54, 1.807) is 7.05 Å². The molecule has 1 aromatic heterocycles. The molecule has 7 nitrogen and oxygen atoms in total. The number of anilines is 1. The molecule has 0 unspecified atom stereocenters. The number of hydrogen-bond donors (Lipinski definition) is 2. The van der Waals surface area contributed by atoms with Gasteiger partial charge < -0.3 is 10.3 Å². The molecule has 0 bridgehead atoms. The highest BCUT2D eigenvalue weighted by Gasteiger charge is 2.09. The first kappa shape index (κ1) is 10.1. The maximum atomic E-state index is 11.4. The molecule has 0 atom stereocenters. The maximum Gasteiger partial charge on any atom is 0.291 e. The van der Waals surface area contributed by atoms with Gasteiger partial charge in [0.25, 0.3) is 11.2 Å². The van der Waals surface area contributed by atoms with Gasteiger partial charge in [0, 0.05) is 19.2 Å². The van der Waals surface area contributed by atoms with Crippen molar-refractivity contribution in [3.8, 4) is 0 Å². The predicted molar refractivity (Wildman–Crippen MR) is 58.6 cm³/mol. The van der Waals surface area contributed by atoms with Crippen molar-refractivity contribution in [3.63, 3.8) is 0 Å². The Labute approximate surface area is 89.3 Å². The average molecular weight is 220 g/mol. The molecule has 2 rings (SSSR count). The van der Waals surface area contributed by atoms with Crippen LogP contribution in [0.5, 0.6) is 0 Å². The van der Waals surface area contributed by atoms with Gasteiger partial charge >= 0.3 is 0 Å².